The summed E-state index contributed by atoms with van der Waals surface area (Å²) in [6, 6.07) is 12.4. The molecule has 7 nitrogen and oxygen atoms in total. The standard InChI is InChI=1S/C25H30N2O5S/c28-25(20-7-6-10-22(16-20)33(29,30)26-13-4-1-5-14-26)27(21-8-2-3-9-21)17-19-11-12-23-24(15-19)32-18-31-23/h6-7,10-12,15-16,21H,1-5,8-9,13-14,17-18H2. The minimum Gasteiger partial charge on any atom is -0.454 e. The normalized spacial score (nSPS) is 19.0. The Bertz CT molecular complexity index is 1120. The van der Waals surface area contributed by atoms with Crippen LogP contribution in [0.15, 0.2) is 47.4 Å². The first kappa shape index (κ1) is 22.2. The lowest BCUT2D eigenvalue weighted by Crippen LogP contribution is -2.38. The van der Waals surface area contributed by atoms with Crippen LogP contribution >= 0.6 is 0 Å². The number of hydrogen-bond donors (Lipinski definition) is 0. The molecule has 176 valence electrons. The third-order valence-electron chi connectivity index (χ3n) is 6.85. The molecule has 8 heteroatoms. The molecule has 0 atom stereocenters. The number of nitrogens with zero attached hydrogens (tertiary/aromatic N) is 2. The van der Waals surface area contributed by atoms with E-state index >= 15 is 0 Å². The molecule has 2 aromatic rings. The Morgan fingerprint density at radius 1 is 0.939 bits per heavy atom. The average molecular weight is 471 g/mol. The van der Waals surface area contributed by atoms with Crippen molar-refractivity contribution in [2.45, 2.75) is 62.4 Å². The van der Waals surface area contributed by atoms with E-state index in [0.717, 1.165) is 50.5 Å². The number of carbonyl (C=O) groups is 1. The van der Waals surface area contributed by atoms with Crippen LogP contribution in [0.4, 0.5) is 0 Å². The fourth-order valence-electron chi connectivity index (χ4n) is 5.03. The summed E-state index contributed by atoms with van der Waals surface area (Å²) >= 11 is 0. The van der Waals surface area contributed by atoms with Crippen molar-refractivity contribution >= 4 is 15.9 Å². The Morgan fingerprint density at radius 3 is 2.48 bits per heavy atom. The highest BCUT2D eigenvalue weighted by Gasteiger charge is 2.30. The van der Waals surface area contributed by atoms with Gasteiger partial charge in [-0.05, 0) is 61.6 Å². The van der Waals surface area contributed by atoms with Gasteiger partial charge in [0.15, 0.2) is 11.5 Å². The molecule has 0 unspecified atom stereocenters. The monoisotopic (exact) mass is 470 g/mol. The summed E-state index contributed by atoms with van der Waals surface area (Å²) in [5.74, 6) is 1.28. The minimum absolute atomic E-state index is 0.129. The third-order valence-corrected chi connectivity index (χ3v) is 8.74. The largest absolute Gasteiger partial charge is 0.454 e. The summed E-state index contributed by atoms with van der Waals surface area (Å²) in [4.78, 5) is 15.8. The van der Waals surface area contributed by atoms with Crippen molar-refractivity contribution in [3.8, 4) is 11.5 Å². The van der Waals surface area contributed by atoms with Gasteiger partial charge in [0.2, 0.25) is 16.8 Å². The van der Waals surface area contributed by atoms with Crippen LogP contribution in [0.2, 0.25) is 0 Å². The van der Waals surface area contributed by atoms with Crippen LogP contribution in [-0.4, -0.2) is 49.5 Å². The quantitative estimate of drug-likeness (QED) is 0.633. The molecular weight excluding hydrogens is 440 g/mol. The zero-order valence-electron chi connectivity index (χ0n) is 18.7. The number of carbonyl (C=O) groups excluding carboxylic acids is 1. The maximum Gasteiger partial charge on any atom is 0.254 e. The predicted molar refractivity (Wildman–Crippen MR) is 124 cm³/mol. The average Bonchev–Trinajstić information content (AvgIpc) is 3.55. The van der Waals surface area contributed by atoms with E-state index in [0.29, 0.717) is 36.7 Å². The van der Waals surface area contributed by atoms with Crippen molar-refractivity contribution in [3.63, 3.8) is 0 Å². The summed E-state index contributed by atoms with van der Waals surface area (Å²) in [6.07, 6.45) is 6.93. The lowest BCUT2D eigenvalue weighted by atomic mass is 10.1. The van der Waals surface area contributed by atoms with Crippen LogP contribution in [0.3, 0.4) is 0 Å². The first-order valence-electron chi connectivity index (χ1n) is 11.8. The smallest absolute Gasteiger partial charge is 0.254 e. The van der Waals surface area contributed by atoms with Crippen LogP contribution in [0, 0.1) is 0 Å². The van der Waals surface area contributed by atoms with Crippen LogP contribution in [-0.2, 0) is 16.6 Å². The van der Waals surface area contributed by atoms with Crippen molar-refractivity contribution < 1.29 is 22.7 Å². The van der Waals surface area contributed by atoms with E-state index < -0.39 is 10.0 Å². The number of fused-ring (bicyclic) bond motifs is 1. The number of sulfonamides is 1. The summed E-state index contributed by atoms with van der Waals surface area (Å²) < 4.78 is 38.8. The molecule has 0 N–H and O–H groups in total. The predicted octanol–water partition coefficient (Wildman–Crippen LogP) is 4.17. The molecule has 2 heterocycles. The second-order valence-corrected chi connectivity index (χ2v) is 11.0. The van der Waals surface area contributed by atoms with E-state index in [9.17, 15) is 13.2 Å². The van der Waals surface area contributed by atoms with Gasteiger partial charge in [0.25, 0.3) is 5.91 Å². The number of rotatable bonds is 6. The van der Waals surface area contributed by atoms with Gasteiger partial charge in [0.1, 0.15) is 0 Å². The molecule has 2 aliphatic heterocycles. The molecule has 0 radical (unpaired) electrons. The van der Waals surface area contributed by atoms with E-state index in [1.807, 2.05) is 23.1 Å². The highest BCUT2D eigenvalue weighted by atomic mass is 32.2. The van der Waals surface area contributed by atoms with Gasteiger partial charge in [-0.3, -0.25) is 4.79 Å². The van der Waals surface area contributed by atoms with Crippen LogP contribution in [0.5, 0.6) is 11.5 Å². The molecule has 3 aliphatic rings. The Hall–Kier alpha value is -2.58. The van der Waals surface area contributed by atoms with Gasteiger partial charge in [0, 0.05) is 31.2 Å². The van der Waals surface area contributed by atoms with Crippen molar-refractivity contribution in [2.24, 2.45) is 0 Å². The number of piperidine rings is 1. The third kappa shape index (κ3) is 4.59. The highest BCUT2D eigenvalue weighted by Crippen LogP contribution is 2.34. The molecule has 0 aromatic heterocycles. The molecule has 1 saturated carbocycles. The van der Waals surface area contributed by atoms with Crippen LogP contribution in [0.1, 0.15) is 60.9 Å². The van der Waals surface area contributed by atoms with Gasteiger partial charge in [-0.2, -0.15) is 4.31 Å². The maximum absolute atomic E-state index is 13.7. The van der Waals surface area contributed by atoms with Gasteiger partial charge in [0.05, 0.1) is 4.90 Å². The Morgan fingerprint density at radius 2 is 1.70 bits per heavy atom. The molecule has 33 heavy (non-hydrogen) atoms. The number of benzene rings is 2. The number of hydrogen-bond acceptors (Lipinski definition) is 5. The second-order valence-electron chi connectivity index (χ2n) is 9.05. The Labute approximate surface area is 195 Å². The summed E-state index contributed by atoms with van der Waals surface area (Å²) in [7, 11) is -3.60. The number of amides is 1. The molecule has 1 saturated heterocycles. The topological polar surface area (TPSA) is 76.2 Å². The number of ether oxygens (including phenoxy) is 2. The lowest BCUT2D eigenvalue weighted by Gasteiger charge is -2.30. The van der Waals surface area contributed by atoms with E-state index in [-0.39, 0.29) is 23.6 Å². The molecule has 1 aliphatic carbocycles. The summed E-state index contributed by atoms with van der Waals surface area (Å²) in [6.45, 7) is 1.74. The Balaban J connectivity index is 1.41. The van der Waals surface area contributed by atoms with E-state index in [2.05, 4.69) is 0 Å². The zero-order valence-corrected chi connectivity index (χ0v) is 19.6. The minimum atomic E-state index is -3.60. The van der Waals surface area contributed by atoms with Crippen molar-refractivity contribution in [1.29, 1.82) is 0 Å². The molecule has 2 aromatic carbocycles. The summed E-state index contributed by atoms with van der Waals surface area (Å²) in [5, 5.41) is 0. The van der Waals surface area contributed by atoms with Gasteiger partial charge in [-0.1, -0.05) is 31.4 Å². The van der Waals surface area contributed by atoms with Gasteiger partial charge < -0.3 is 14.4 Å². The maximum atomic E-state index is 13.7. The van der Waals surface area contributed by atoms with E-state index in [1.54, 1.807) is 28.6 Å². The highest BCUT2D eigenvalue weighted by molar-refractivity contribution is 7.89. The van der Waals surface area contributed by atoms with Gasteiger partial charge in [-0.25, -0.2) is 8.42 Å². The van der Waals surface area contributed by atoms with Gasteiger partial charge >= 0.3 is 0 Å². The SMILES string of the molecule is O=C(c1cccc(S(=O)(=O)N2CCCCC2)c1)N(Cc1ccc2c(c1)OCO2)C1CCCC1. The molecular formula is C25H30N2O5S. The molecule has 0 bridgehead atoms. The zero-order chi connectivity index (χ0) is 22.8. The fourth-order valence-corrected chi connectivity index (χ4v) is 6.59. The van der Waals surface area contributed by atoms with E-state index in [4.69, 9.17) is 9.47 Å². The fraction of sp³-hybridized carbons (Fsp3) is 0.480. The molecule has 2 fully saturated rings. The molecule has 0 spiro atoms. The van der Waals surface area contributed by atoms with Crippen molar-refractivity contribution in [2.75, 3.05) is 19.9 Å². The lowest BCUT2D eigenvalue weighted by molar-refractivity contribution is 0.0664. The Kier molecular flexibility index (Phi) is 6.29. The molecule has 1 amide bonds. The van der Waals surface area contributed by atoms with Crippen LogP contribution in [0.25, 0.3) is 0 Å². The van der Waals surface area contributed by atoms with Crippen LogP contribution < -0.4 is 9.47 Å². The first-order chi connectivity index (χ1) is 16.0. The first-order valence-corrected chi connectivity index (χ1v) is 13.3. The van der Waals surface area contributed by atoms with E-state index in [1.165, 1.54) is 0 Å². The molecule has 5 rings (SSSR count). The second kappa shape index (κ2) is 9.35. The van der Waals surface area contributed by atoms with Crippen molar-refractivity contribution in [1.82, 2.24) is 9.21 Å². The summed E-state index contributed by atoms with van der Waals surface area (Å²) in [5.41, 5.74) is 1.39. The van der Waals surface area contributed by atoms with Crippen molar-refractivity contribution in [3.05, 3.63) is 53.6 Å². The van der Waals surface area contributed by atoms with Gasteiger partial charge in [-0.15, -0.1) is 0 Å².